The van der Waals surface area contributed by atoms with E-state index in [-0.39, 0.29) is 24.9 Å². The quantitative estimate of drug-likeness (QED) is 0.846. The van der Waals surface area contributed by atoms with E-state index in [1.54, 1.807) is 11.8 Å². The first-order valence-electron chi connectivity index (χ1n) is 5.41. The molecule has 6 nitrogen and oxygen atoms in total. The first-order valence-corrected chi connectivity index (χ1v) is 6.18. The number of rotatable bonds is 5. The predicted molar refractivity (Wildman–Crippen MR) is 61.0 cm³/mol. The fourth-order valence-electron chi connectivity index (χ4n) is 1.61. The highest BCUT2D eigenvalue weighted by Gasteiger charge is 2.34. The van der Waals surface area contributed by atoms with Gasteiger partial charge in [-0.1, -0.05) is 4.49 Å². The number of carboxylic acid groups (broad SMARTS) is 1. The average Bonchev–Trinajstić information content (AvgIpc) is 3.00. The van der Waals surface area contributed by atoms with Gasteiger partial charge in [-0.15, -0.1) is 5.10 Å². The molecule has 0 aromatic carbocycles. The topological polar surface area (TPSA) is 83.4 Å². The average molecular weight is 255 g/mol. The molecule has 1 aromatic rings. The number of hydrogen-bond donors (Lipinski definition) is 1. The number of aromatic nitrogens is 2. The molecular weight excluding hydrogens is 242 g/mol. The fourth-order valence-corrected chi connectivity index (χ4v) is 2.22. The molecule has 92 valence electrons. The summed E-state index contributed by atoms with van der Waals surface area (Å²) in [5, 5.41) is 12.5. The standard InChI is InChI=1S/C10H13N3O3S/c1-6-9(17-12-11-6)10(16)13(7-2-3-7)5-4-8(14)15/h7H,2-5H2,1H3,(H,14,15). The first-order chi connectivity index (χ1) is 8.09. The number of carbonyl (C=O) groups excluding carboxylic acids is 1. The molecule has 1 saturated carbocycles. The lowest BCUT2D eigenvalue weighted by Crippen LogP contribution is -2.34. The predicted octanol–water partition coefficient (Wildman–Crippen LogP) is 0.926. The van der Waals surface area contributed by atoms with Crippen LogP contribution in [0.1, 0.15) is 34.6 Å². The van der Waals surface area contributed by atoms with E-state index in [4.69, 9.17) is 5.11 Å². The Kier molecular flexibility index (Phi) is 3.37. The van der Waals surface area contributed by atoms with E-state index < -0.39 is 5.97 Å². The number of aryl methyl sites for hydroxylation is 1. The van der Waals surface area contributed by atoms with Gasteiger partial charge in [0.05, 0.1) is 12.1 Å². The zero-order valence-corrected chi connectivity index (χ0v) is 10.2. The molecule has 7 heteroatoms. The van der Waals surface area contributed by atoms with Crippen molar-refractivity contribution in [2.75, 3.05) is 6.54 Å². The van der Waals surface area contributed by atoms with E-state index >= 15 is 0 Å². The summed E-state index contributed by atoms with van der Waals surface area (Å²) in [6, 6.07) is 0.198. The van der Waals surface area contributed by atoms with Gasteiger partial charge in [0, 0.05) is 12.6 Å². The molecule has 1 amide bonds. The molecule has 1 N–H and O–H groups in total. The molecule has 0 bridgehead atoms. The Morgan fingerprint density at radius 1 is 1.53 bits per heavy atom. The molecule has 1 fully saturated rings. The highest BCUT2D eigenvalue weighted by Crippen LogP contribution is 2.29. The third-order valence-electron chi connectivity index (χ3n) is 2.66. The molecular formula is C10H13N3O3S. The molecule has 0 atom stereocenters. The van der Waals surface area contributed by atoms with Gasteiger partial charge in [-0.25, -0.2) is 0 Å². The summed E-state index contributed by atoms with van der Waals surface area (Å²) >= 11 is 1.07. The smallest absolute Gasteiger partial charge is 0.305 e. The summed E-state index contributed by atoms with van der Waals surface area (Å²) in [6.45, 7) is 2.00. The zero-order valence-electron chi connectivity index (χ0n) is 9.42. The van der Waals surface area contributed by atoms with Crippen LogP contribution in [-0.2, 0) is 4.79 Å². The van der Waals surface area contributed by atoms with Crippen molar-refractivity contribution in [1.82, 2.24) is 14.5 Å². The molecule has 17 heavy (non-hydrogen) atoms. The van der Waals surface area contributed by atoms with Crippen LogP contribution in [0.25, 0.3) is 0 Å². The molecule has 0 aliphatic heterocycles. The lowest BCUT2D eigenvalue weighted by atomic mass is 10.3. The highest BCUT2D eigenvalue weighted by atomic mass is 32.1. The summed E-state index contributed by atoms with van der Waals surface area (Å²) in [7, 11) is 0. The Labute approximate surface area is 102 Å². The van der Waals surface area contributed by atoms with Crippen LogP contribution in [0.4, 0.5) is 0 Å². The Balaban J connectivity index is 2.08. The Hall–Kier alpha value is -1.50. The molecule has 1 heterocycles. The van der Waals surface area contributed by atoms with Gasteiger partial charge in [-0.3, -0.25) is 9.59 Å². The number of hydrogen-bond acceptors (Lipinski definition) is 5. The van der Waals surface area contributed by atoms with Crippen LogP contribution in [-0.4, -0.2) is 44.1 Å². The maximum absolute atomic E-state index is 12.2. The van der Waals surface area contributed by atoms with Crippen LogP contribution < -0.4 is 0 Å². The van der Waals surface area contributed by atoms with E-state index in [2.05, 4.69) is 9.59 Å². The third-order valence-corrected chi connectivity index (χ3v) is 3.48. The Morgan fingerprint density at radius 3 is 2.71 bits per heavy atom. The minimum absolute atomic E-state index is 0.0203. The van der Waals surface area contributed by atoms with Gasteiger partial charge >= 0.3 is 5.97 Å². The van der Waals surface area contributed by atoms with Gasteiger partial charge in [-0.05, 0) is 31.3 Å². The zero-order chi connectivity index (χ0) is 12.4. The van der Waals surface area contributed by atoms with Crippen molar-refractivity contribution >= 4 is 23.4 Å². The second-order valence-corrected chi connectivity index (χ2v) is 4.82. The van der Waals surface area contributed by atoms with Crippen molar-refractivity contribution in [3.05, 3.63) is 10.6 Å². The van der Waals surface area contributed by atoms with Gasteiger partial charge in [-0.2, -0.15) is 0 Å². The van der Waals surface area contributed by atoms with E-state index in [1.807, 2.05) is 0 Å². The van der Waals surface area contributed by atoms with E-state index in [0.29, 0.717) is 10.6 Å². The van der Waals surface area contributed by atoms with Crippen LogP contribution in [0, 0.1) is 6.92 Å². The summed E-state index contributed by atoms with van der Waals surface area (Å²) in [6.07, 6.45) is 1.89. The van der Waals surface area contributed by atoms with Crippen LogP contribution in [0.5, 0.6) is 0 Å². The Morgan fingerprint density at radius 2 is 2.24 bits per heavy atom. The lowest BCUT2D eigenvalue weighted by molar-refractivity contribution is -0.137. The van der Waals surface area contributed by atoms with Crippen LogP contribution in [0.15, 0.2) is 0 Å². The number of nitrogens with zero attached hydrogens (tertiary/aromatic N) is 3. The maximum Gasteiger partial charge on any atom is 0.305 e. The van der Waals surface area contributed by atoms with E-state index in [9.17, 15) is 9.59 Å². The second kappa shape index (κ2) is 4.79. The van der Waals surface area contributed by atoms with Crippen molar-refractivity contribution < 1.29 is 14.7 Å². The number of amides is 1. The largest absolute Gasteiger partial charge is 0.481 e. The van der Waals surface area contributed by atoms with Crippen LogP contribution >= 0.6 is 11.5 Å². The van der Waals surface area contributed by atoms with Crippen LogP contribution in [0.2, 0.25) is 0 Å². The van der Waals surface area contributed by atoms with Gasteiger partial charge in [0.2, 0.25) is 0 Å². The van der Waals surface area contributed by atoms with Crippen molar-refractivity contribution in [2.45, 2.75) is 32.2 Å². The van der Waals surface area contributed by atoms with E-state index in [1.165, 1.54) is 0 Å². The Bertz CT molecular complexity index is 442. The monoisotopic (exact) mass is 255 g/mol. The van der Waals surface area contributed by atoms with Gasteiger partial charge in [0.25, 0.3) is 5.91 Å². The minimum Gasteiger partial charge on any atom is -0.481 e. The van der Waals surface area contributed by atoms with Crippen molar-refractivity contribution in [3.63, 3.8) is 0 Å². The number of carboxylic acids is 1. The fraction of sp³-hybridized carbons (Fsp3) is 0.600. The molecule has 0 saturated heterocycles. The summed E-state index contributed by atoms with van der Waals surface area (Å²) in [5.41, 5.74) is 0.612. The molecule has 0 unspecified atom stereocenters. The van der Waals surface area contributed by atoms with Crippen LogP contribution in [0.3, 0.4) is 0 Å². The summed E-state index contributed by atoms with van der Waals surface area (Å²) in [4.78, 5) is 24.9. The number of aliphatic carboxylic acids is 1. The molecule has 2 rings (SSSR count). The number of carbonyl (C=O) groups is 2. The lowest BCUT2D eigenvalue weighted by Gasteiger charge is -2.20. The molecule has 1 aliphatic carbocycles. The molecule has 1 aromatic heterocycles. The van der Waals surface area contributed by atoms with Gasteiger partial charge in [0.1, 0.15) is 4.88 Å². The minimum atomic E-state index is -0.886. The molecule has 0 spiro atoms. The normalized spacial score (nSPS) is 14.6. The van der Waals surface area contributed by atoms with Crippen molar-refractivity contribution in [3.8, 4) is 0 Å². The molecule has 1 aliphatic rings. The van der Waals surface area contributed by atoms with Gasteiger partial charge in [0.15, 0.2) is 0 Å². The second-order valence-electron chi connectivity index (χ2n) is 4.06. The van der Waals surface area contributed by atoms with Crippen molar-refractivity contribution in [2.24, 2.45) is 0 Å². The summed E-state index contributed by atoms with van der Waals surface area (Å²) in [5.74, 6) is -1.02. The first kappa shape index (κ1) is 12.0. The van der Waals surface area contributed by atoms with Gasteiger partial charge < -0.3 is 10.0 Å². The highest BCUT2D eigenvalue weighted by molar-refractivity contribution is 7.07. The molecule has 0 radical (unpaired) electrons. The maximum atomic E-state index is 12.2. The summed E-state index contributed by atoms with van der Waals surface area (Å²) < 4.78 is 3.73. The van der Waals surface area contributed by atoms with Crippen molar-refractivity contribution in [1.29, 1.82) is 0 Å². The SMILES string of the molecule is Cc1nnsc1C(=O)N(CCC(=O)O)C1CC1. The van der Waals surface area contributed by atoms with E-state index in [0.717, 1.165) is 24.4 Å². The third kappa shape index (κ3) is 2.79.